The van der Waals surface area contributed by atoms with Crippen LogP contribution in [-0.4, -0.2) is 119 Å². The maximum absolute atomic E-state index is 6.75. The molecule has 4 heterocycles. The van der Waals surface area contributed by atoms with Gasteiger partial charge in [0.15, 0.2) is 0 Å². The van der Waals surface area contributed by atoms with E-state index in [1.807, 2.05) is 18.3 Å². The molecule has 0 radical (unpaired) electrons. The van der Waals surface area contributed by atoms with Crippen molar-refractivity contribution >= 4 is 22.8 Å². The molecule has 4 unspecified atom stereocenters. The molecule has 0 bridgehead atoms. The Kier molecular flexibility index (Phi) is 36.6. The third-order valence-electron chi connectivity index (χ3n) is 15.2. The van der Waals surface area contributed by atoms with Crippen molar-refractivity contribution in [3.8, 4) is 0 Å². The summed E-state index contributed by atoms with van der Waals surface area (Å²) in [5.41, 5.74) is 33.5. The van der Waals surface area contributed by atoms with Gasteiger partial charge in [-0.25, -0.2) is 0 Å². The van der Waals surface area contributed by atoms with Crippen molar-refractivity contribution in [2.24, 2.45) is 37.7 Å². The Balaban J connectivity index is 0.000000344. The van der Waals surface area contributed by atoms with E-state index in [9.17, 15) is 0 Å². The monoisotopic (exact) mass is 1100 g/mol. The normalized spacial score (nSPS) is 24.3. The van der Waals surface area contributed by atoms with Gasteiger partial charge in [-0.15, -0.1) is 19.6 Å². The van der Waals surface area contributed by atoms with E-state index in [-0.39, 0.29) is 39.0 Å². The Morgan fingerprint density at radius 1 is 0.459 bits per heavy atom. The molecule has 16 nitrogen and oxygen atoms in total. The first kappa shape index (κ1) is 64.9. The van der Waals surface area contributed by atoms with Crippen LogP contribution in [0.5, 0.6) is 0 Å². The molecule has 4 atom stereocenters. The number of piperidine rings is 3. The number of hydrogen-bond acceptors (Lipinski definition) is 6. The predicted molar refractivity (Wildman–Crippen MR) is 303 cm³/mol. The van der Waals surface area contributed by atoms with Crippen LogP contribution >= 0.6 is 0 Å². The van der Waals surface area contributed by atoms with Crippen LogP contribution < -0.4 is 10.6 Å². The molecule has 74 heavy (non-hydrogen) atoms. The Morgan fingerprint density at radius 2 is 0.811 bits per heavy atom. The number of aliphatic imine (C=N–C) groups is 4. The van der Waals surface area contributed by atoms with Crippen LogP contribution in [-0.2, 0) is 33.0 Å². The summed E-state index contributed by atoms with van der Waals surface area (Å²) in [4.78, 5) is 23.4. The molecule has 0 amide bonds. The summed E-state index contributed by atoms with van der Waals surface area (Å²) < 4.78 is 0. The summed E-state index contributed by atoms with van der Waals surface area (Å²) in [6.45, 7) is 10.2. The third kappa shape index (κ3) is 24.7. The molecule has 418 valence electrons. The Bertz CT molecular complexity index is 1730. The van der Waals surface area contributed by atoms with Gasteiger partial charge in [0, 0.05) is 64.9 Å². The summed E-state index contributed by atoms with van der Waals surface area (Å²) in [6, 6.07) is 11.6. The summed E-state index contributed by atoms with van der Waals surface area (Å²) >= 11 is 0. The van der Waals surface area contributed by atoms with Gasteiger partial charge in [-0.2, -0.15) is 6.20 Å². The van der Waals surface area contributed by atoms with E-state index in [0.29, 0.717) is 35.9 Å². The van der Waals surface area contributed by atoms with Gasteiger partial charge in [-0.1, -0.05) is 188 Å². The molecule has 6 fully saturated rings. The molecule has 1 aromatic rings. The molecular weight excluding hydrogens is 1010 g/mol. The van der Waals surface area contributed by atoms with Crippen LogP contribution in [0.25, 0.3) is 53.2 Å². The van der Waals surface area contributed by atoms with E-state index in [4.69, 9.17) is 58.0 Å². The SMILES string of the molecule is C1=C[N-]C(C(=NCCNCCN=C(C2CCCCC2)C2CCCC[N-]2)c2ccccc2)C=C1.C1CCC(C(=NCCNCCN=C(C2CCCCC2)C2CCCC[N-]2)C2CCCC[N-]2)CC1.[N-]=[N+]=[N-].[N-]=[N+]=[N-].[Ni].[Ni]. The molecule has 8 rings (SSSR count). The van der Waals surface area contributed by atoms with E-state index in [0.717, 1.165) is 83.3 Å². The fourth-order valence-electron chi connectivity index (χ4n) is 11.6. The Morgan fingerprint density at radius 3 is 1.14 bits per heavy atom. The first-order chi connectivity index (χ1) is 35.7. The van der Waals surface area contributed by atoms with Gasteiger partial charge in [-0.3, -0.25) is 29.8 Å². The fourth-order valence-corrected chi connectivity index (χ4v) is 11.6. The standard InChI is InChI=1S/C28H49N5.C28H39N5.2N3.2Ni/c2*1-3-11-23(12-4-1)27(25-15-7-9-17-30-25)32-21-19-29-20-22-33-28(24-13-5-2-6-14-24)26-16-8-10-18-31-26;2*1-3-2;;/h23-26,29H,1-22H2;1,3-4,7,9,11-12,15,17,24-26,29H,2,5-6,8,10,13-14,16,18-22H2;;;;/q2*-2;2*-1;;. The summed E-state index contributed by atoms with van der Waals surface area (Å²) in [7, 11) is 0. The van der Waals surface area contributed by atoms with E-state index < -0.39 is 0 Å². The van der Waals surface area contributed by atoms with Gasteiger partial charge in [0.25, 0.3) is 0 Å². The zero-order valence-electron chi connectivity index (χ0n) is 44.4. The van der Waals surface area contributed by atoms with Crippen molar-refractivity contribution in [2.75, 3.05) is 72.0 Å². The van der Waals surface area contributed by atoms with Crippen LogP contribution in [0.4, 0.5) is 0 Å². The predicted octanol–water partition coefficient (Wildman–Crippen LogP) is 14.0. The first-order valence-electron chi connectivity index (χ1n) is 28.3. The number of nitrogens with one attached hydrogen (secondary N) is 2. The van der Waals surface area contributed by atoms with Crippen LogP contribution in [0.2, 0.25) is 0 Å². The molecule has 4 aliphatic heterocycles. The third-order valence-corrected chi connectivity index (χ3v) is 15.2. The number of rotatable bonds is 20. The zero-order chi connectivity index (χ0) is 50.5. The van der Waals surface area contributed by atoms with Crippen molar-refractivity contribution in [3.63, 3.8) is 0 Å². The van der Waals surface area contributed by atoms with Crippen LogP contribution in [0.1, 0.15) is 160 Å². The van der Waals surface area contributed by atoms with Crippen LogP contribution in [0.15, 0.2) is 74.7 Å². The molecule has 0 aromatic heterocycles. The summed E-state index contributed by atoms with van der Waals surface area (Å²) in [5, 5.41) is 26.6. The molecule has 0 spiro atoms. The van der Waals surface area contributed by atoms with Crippen LogP contribution in [0.3, 0.4) is 0 Å². The number of nitrogens with zero attached hydrogens (tertiary/aromatic N) is 14. The van der Waals surface area contributed by atoms with E-state index in [1.54, 1.807) is 0 Å². The van der Waals surface area contributed by atoms with Crippen molar-refractivity contribution in [1.82, 2.24) is 10.6 Å². The van der Waals surface area contributed by atoms with Gasteiger partial charge in [0.05, 0.1) is 26.2 Å². The van der Waals surface area contributed by atoms with E-state index >= 15 is 0 Å². The second-order valence-corrected chi connectivity index (χ2v) is 20.3. The molecule has 1 aromatic carbocycles. The van der Waals surface area contributed by atoms with E-state index in [1.165, 1.54) is 181 Å². The molecule has 7 aliphatic rings. The smallest absolute Gasteiger partial charge is 0.0517 e. The fraction of sp³-hybridized carbons (Fsp3) is 0.750. The Hall–Kier alpha value is -3.41. The average molecular weight is 1100 g/mol. The zero-order valence-corrected chi connectivity index (χ0v) is 46.4. The number of benzene rings is 1. The van der Waals surface area contributed by atoms with Crippen LogP contribution in [0, 0.1) is 17.8 Å². The van der Waals surface area contributed by atoms with Crippen molar-refractivity contribution in [1.29, 1.82) is 0 Å². The van der Waals surface area contributed by atoms with E-state index in [2.05, 4.69) is 52.4 Å². The number of allylic oxidation sites excluding steroid dienone is 2. The maximum atomic E-state index is 6.75. The largest absolute Gasteiger partial charge is 0.680 e. The molecular formula is C56H88N16Ni2-6. The van der Waals surface area contributed by atoms with Gasteiger partial charge >= 0.3 is 0 Å². The topological polar surface area (TPSA) is 247 Å². The molecule has 3 saturated heterocycles. The molecule has 18 heteroatoms. The van der Waals surface area contributed by atoms with Gasteiger partial charge in [0.2, 0.25) is 0 Å². The average Bonchev–Trinajstić information content (AvgIpc) is 3.45. The van der Waals surface area contributed by atoms with Gasteiger partial charge in [-0.05, 0) is 79.0 Å². The molecule has 3 aliphatic carbocycles. The van der Waals surface area contributed by atoms with Crippen molar-refractivity contribution in [3.05, 3.63) is 114 Å². The minimum absolute atomic E-state index is 0. The first-order valence-corrected chi connectivity index (χ1v) is 28.3. The second kappa shape index (κ2) is 41.7. The van der Waals surface area contributed by atoms with Gasteiger partial charge < -0.3 is 54.0 Å². The molecule has 2 N–H and O–H groups in total. The second-order valence-electron chi connectivity index (χ2n) is 20.3. The quantitative estimate of drug-likeness (QED) is 0.0323. The maximum Gasteiger partial charge on any atom is 0.0517 e. The molecule has 3 saturated carbocycles. The van der Waals surface area contributed by atoms with Gasteiger partial charge in [0.1, 0.15) is 0 Å². The van der Waals surface area contributed by atoms with Crippen molar-refractivity contribution < 1.29 is 33.0 Å². The number of hydrogen-bond donors (Lipinski definition) is 2. The summed E-state index contributed by atoms with van der Waals surface area (Å²) in [6.07, 6.45) is 39.8. The minimum Gasteiger partial charge on any atom is -0.680 e. The summed E-state index contributed by atoms with van der Waals surface area (Å²) in [5.74, 6) is 2.07. The Labute approximate surface area is 465 Å². The minimum atomic E-state index is -0.000653. The van der Waals surface area contributed by atoms with Crippen molar-refractivity contribution in [2.45, 2.75) is 178 Å².